The van der Waals surface area contributed by atoms with Gasteiger partial charge in [-0.2, -0.15) is 0 Å². The SMILES string of the molecule is Cc1ccc(-c2ccc(N3CCN(C(=O)c4cccc(F)c4)CC3)nn2)cc1. The molecule has 28 heavy (non-hydrogen) atoms. The Morgan fingerprint density at radius 3 is 2.32 bits per heavy atom. The zero-order valence-corrected chi connectivity index (χ0v) is 15.7. The highest BCUT2D eigenvalue weighted by atomic mass is 19.1. The lowest BCUT2D eigenvalue weighted by molar-refractivity contribution is 0.0746. The smallest absolute Gasteiger partial charge is 0.254 e. The average Bonchev–Trinajstić information content (AvgIpc) is 2.74. The molecule has 1 aliphatic rings. The van der Waals surface area contributed by atoms with Gasteiger partial charge in [-0.15, -0.1) is 10.2 Å². The highest BCUT2D eigenvalue weighted by molar-refractivity contribution is 5.94. The predicted molar refractivity (Wildman–Crippen MR) is 107 cm³/mol. The van der Waals surface area contributed by atoms with Crippen LogP contribution in [0, 0.1) is 12.7 Å². The zero-order valence-electron chi connectivity index (χ0n) is 15.7. The Bertz CT molecular complexity index is 965. The van der Waals surface area contributed by atoms with E-state index in [1.165, 1.54) is 17.7 Å². The van der Waals surface area contributed by atoms with Gasteiger partial charge in [0, 0.05) is 37.3 Å². The van der Waals surface area contributed by atoms with Gasteiger partial charge in [0.1, 0.15) is 5.82 Å². The molecular formula is C22H21FN4O. The van der Waals surface area contributed by atoms with Crippen LogP contribution in [0.25, 0.3) is 11.3 Å². The first-order chi connectivity index (χ1) is 13.6. The number of hydrogen-bond donors (Lipinski definition) is 0. The predicted octanol–water partition coefficient (Wildman–Crippen LogP) is 3.55. The van der Waals surface area contributed by atoms with E-state index in [1.54, 1.807) is 17.0 Å². The highest BCUT2D eigenvalue weighted by Gasteiger charge is 2.23. The first-order valence-corrected chi connectivity index (χ1v) is 9.31. The number of rotatable bonds is 3. The van der Waals surface area contributed by atoms with E-state index in [0.717, 1.165) is 17.1 Å². The van der Waals surface area contributed by atoms with Crippen molar-refractivity contribution < 1.29 is 9.18 Å². The van der Waals surface area contributed by atoms with Crippen LogP contribution in [0.1, 0.15) is 15.9 Å². The van der Waals surface area contributed by atoms with Gasteiger partial charge in [-0.05, 0) is 37.3 Å². The molecule has 1 amide bonds. The van der Waals surface area contributed by atoms with Crippen LogP contribution >= 0.6 is 0 Å². The number of carbonyl (C=O) groups is 1. The lowest BCUT2D eigenvalue weighted by Crippen LogP contribution is -2.49. The normalized spacial score (nSPS) is 14.2. The molecular weight excluding hydrogens is 355 g/mol. The molecule has 3 aromatic rings. The largest absolute Gasteiger partial charge is 0.352 e. The first-order valence-electron chi connectivity index (χ1n) is 9.31. The third-order valence-corrected chi connectivity index (χ3v) is 4.96. The number of hydrogen-bond acceptors (Lipinski definition) is 4. The van der Waals surface area contributed by atoms with Gasteiger partial charge in [-0.3, -0.25) is 4.79 Å². The maximum absolute atomic E-state index is 13.4. The molecule has 0 spiro atoms. The van der Waals surface area contributed by atoms with Crippen molar-refractivity contribution in [3.05, 3.63) is 77.6 Å². The minimum absolute atomic E-state index is 0.139. The van der Waals surface area contributed by atoms with Crippen molar-refractivity contribution in [2.75, 3.05) is 31.1 Å². The van der Waals surface area contributed by atoms with E-state index in [-0.39, 0.29) is 5.91 Å². The number of nitrogens with zero attached hydrogens (tertiary/aromatic N) is 4. The molecule has 1 saturated heterocycles. The first kappa shape index (κ1) is 18.1. The Balaban J connectivity index is 1.39. The second kappa shape index (κ2) is 7.76. The Labute approximate surface area is 163 Å². The van der Waals surface area contributed by atoms with Crippen molar-refractivity contribution in [3.63, 3.8) is 0 Å². The second-order valence-corrected chi connectivity index (χ2v) is 6.93. The molecule has 6 heteroatoms. The number of halogens is 1. The van der Waals surface area contributed by atoms with Gasteiger partial charge in [-0.1, -0.05) is 35.9 Å². The minimum Gasteiger partial charge on any atom is -0.352 e. The summed E-state index contributed by atoms with van der Waals surface area (Å²) in [6, 6.07) is 17.9. The molecule has 0 radical (unpaired) electrons. The standard InChI is InChI=1S/C22H21FN4O/c1-16-5-7-17(8-6-16)20-9-10-21(25-24-20)26-11-13-27(14-12-26)22(28)18-3-2-4-19(23)15-18/h2-10,15H,11-14H2,1H3. The Kier molecular flexibility index (Phi) is 5.02. The summed E-state index contributed by atoms with van der Waals surface area (Å²) in [4.78, 5) is 16.4. The molecule has 142 valence electrons. The molecule has 4 rings (SSSR count). The van der Waals surface area contributed by atoms with Crippen LogP contribution in [0.15, 0.2) is 60.7 Å². The van der Waals surface area contributed by atoms with E-state index < -0.39 is 5.82 Å². The van der Waals surface area contributed by atoms with Gasteiger partial charge in [0.25, 0.3) is 5.91 Å². The second-order valence-electron chi connectivity index (χ2n) is 6.93. The molecule has 1 aliphatic heterocycles. The number of benzene rings is 2. The van der Waals surface area contributed by atoms with E-state index in [4.69, 9.17) is 0 Å². The molecule has 0 unspecified atom stereocenters. The van der Waals surface area contributed by atoms with E-state index in [0.29, 0.717) is 31.7 Å². The van der Waals surface area contributed by atoms with Crippen LogP contribution < -0.4 is 4.90 Å². The van der Waals surface area contributed by atoms with Crippen molar-refractivity contribution in [2.24, 2.45) is 0 Å². The van der Waals surface area contributed by atoms with Gasteiger partial charge in [-0.25, -0.2) is 4.39 Å². The van der Waals surface area contributed by atoms with E-state index in [2.05, 4.69) is 34.2 Å². The zero-order chi connectivity index (χ0) is 19.5. The summed E-state index contributed by atoms with van der Waals surface area (Å²) in [7, 11) is 0. The van der Waals surface area contributed by atoms with Crippen molar-refractivity contribution in [1.82, 2.24) is 15.1 Å². The molecule has 2 aromatic carbocycles. The molecule has 0 saturated carbocycles. The van der Waals surface area contributed by atoms with Crippen LogP contribution in [0.3, 0.4) is 0 Å². The maximum Gasteiger partial charge on any atom is 0.254 e. The fourth-order valence-corrected chi connectivity index (χ4v) is 3.31. The summed E-state index contributed by atoms with van der Waals surface area (Å²) in [5, 5.41) is 8.72. The number of anilines is 1. The van der Waals surface area contributed by atoms with E-state index >= 15 is 0 Å². The maximum atomic E-state index is 13.4. The van der Waals surface area contributed by atoms with Gasteiger partial charge in [0.15, 0.2) is 5.82 Å². The summed E-state index contributed by atoms with van der Waals surface area (Å²) < 4.78 is 13.4. The van der Waals surface area contributed by atoms with Gasteiger partial charge in [0.2, 0.25) is 0 Å². The lowest BCUT2D eigenvalue weighted by Gasteiger charge is -2.35. The van der Waals surface area contributed by atoms with Crippen molar-refractivity contribution in [2.45, 2.75) is 6.92 Å². The third-order valence-electron chi connectivity index (χ3n) is 4.96. The topological polar surface area (TPSA) is 49.3 Å². The number of amides is 1. The summed E-state index contributed by atoms with van der Waals surface area (Å²) in [6.07, 6.45) is 0. The molecule has 2 heterocycles. The minimum atomic E-state index is -0.395. The fraction of sp³-hybridized carbons (Fsp3) is 0.227. The molecule has 0 bridgehead atoms. The molecule has 1 aromatic heterocycles. The van der Waals surface area contributed by atoms with Crippen LogP contribution in [-0.2, 0) is 0 Å². The van der Waals surface area contributed by atoms with Gasteiger partial charge in [0.05, 0.1) is 5.69 Å². The lowest BCUT2D eigenvalue weighted by atomic mass is 10.1. The molecule has 0 atom stereocenters. The highest BCUT2D eigenvalue weighted by Crippen LogP contribution is 2.20. The molecule has 0 N–H and O–H groups in total. The van der Waals surface area contributed by atoms with Crippen LogP contribution in [0.2, 0.25) is 0 Å². The van der Waals surface area contributed by atoms with Crippen molar-refractivity contribution >= 4 is 11.7 Å². The summed E-state index contributed by atoms with van der Waals surface area (Å²) in [5.74, 6) is 0.266. The van der Waals surface area contributed by atoms with Crippen LogP contribution in [-0.4, -0.2) is 47.2 Å². The summed E-state index contributed by atoms with van der Waals surface area (Å²) in [5.41, 5.74) is 3.47. The Hall–Kier alpha value is -3.28. The number of piperazine rings is 1. The van der Waals surface area contributed by atoms with Crippen molar-refractivity contribution in [3.8, 4) is 11.3 Å². The summed E-state index contributed by atoms with van der Waals surface area (Å²) >= 11 is 0. The summed E-state index contributed by atoms with van der Waals surface area (Å²) in [6.45, 7) is 4.52. The monoisotopic (exact) mass is 376 g/mol. The number of aryl methyl sites for hydroxylation is 1. The van der Waals surface area contributed by atoms with Crippen LogP contribution in [0.5, 0.6) is 0 Å². The molecule has 1 fully saturated rings. The fourth-order valence-electron chi connectivity index (χ4n) is 3.31. The quantitative estimate of drug-likeness (QED) is 0.701. The van der Waals surface area contributed by atoms with Crippen molar-refractivity contribution in [1.29, 1.82) is 0 Å². The van der Waals surface area contributed by atoms with E-state index in [1.807, 2.05) is 24.3 Å². The van der Waals surface area contributed by atoms with Gasteiger partial charge < -0.3 is 9.80 Å². The molecule has 0 aliphatic carbocycles. The number of aromatic nitrogens is 2. The van der Waals surface area contributed by atoms with E-state index in [9.17, 15) is 9.18 Å². The Morgan fingerprint density at radius 2 is 1.68 bits per heavy atom. The number of carbonyl (C=O) groups excluding carboxylic acids is 1. The average molecular weight is 376 g/mol. The Morgan fingerprint density at radius 1 is 0.929 bits per heavy atom. The van der Waals surface area contributed by atoms with Gasteiger partial charge >= 0.3 is 0 Å². The third kappa shape index (κ3) is 3.86. The van der Waals surface area contributed by atoms with Crippen LogP contribution in [0.4, 0.5) is 10.2 Å². The molecule has 5 nitrogen and oxygen atoms in total.